The van der Waals surface area contributed by atoms with E-state index in [4.69, 9.17) is 0 Å². The highest BCUT2D eigenvalue weighted by Gasteiger charge is 2.48. The van der Waals surface area contributed by atoms with Crippen LogP contribution in [0.5, 0.6) is 17.2 Å². The molecule has 0 aliphatic carbocycles. The summed E-state index contributed by atoms with van der Waals surface area (Å²) in [6, 6.07) is 65.7. The summed E-state index contributed by atoms with van der Waals surface area (Å²) in [5.41, 5.74) is -3.83. The minimum Gasteiger partial charge on any atom is -0.508 e. The van der Waals surface area contributed by atoms with E-state index in [1.807, 2.05) is 163 Å². The molecule has 6 aromatic carbocycles. The minimum atomic E-state index is -5.74. The van der Waals surface area contributed by atoms with Crippen LogP contribution in [-0.2, 0) is 10.1 Å². The van der Waals surface area contributed by atoms with E-state index in [-0.39, 0.29) is 5.75 Å². The van der Waals surface area contributed by atoms with E-state index in [0.29, 0.717) is 33.8 Å². The van der Waals surface area contributed by atoms with Crippen molar-refractivity contribution in [2.75, 3.05) is 15.1 Å². The van der Waals surface area contributed by atoms with Crippen LogP contribution in [0.4, 0.5) is 59.5 Å². The Bertz CT molecular complexity index is 3920. The molecule has 0 amide bonds. The molecule has 0 fully saturated rings. The number of pyridine rings is 6. The average Bonchev–Trinajstić information content (AvgIpc) is 3.70. The molecule has 0 saturated heterocycles. The number of rotatable bonds is 10. The molecule has 82 heavy (non-hydrogen) atoms. The van der Waals surface area contributed by atoms with Gasteiger partial charge in [0.25, 0.3) is 0 Å². The molecule has 0 aliphatic rings. The van der Waals surface area contributed by atoms with Crippen molar-refractivity contribution in [3.05, 3.63) is 260 Å². The van der Waals surface area contributed by atoms with Gasteiger partial charge in [-0.15, -0.1) is 0 Å². The normalized spacial score (nSPS) is 10.8. The number of aromatic hydroxyl groups is 2. The number of anilines is 8. The zero-order valence-corrected chi connectivity index (χ0v) is 46.3. The summed E-state index contributed by atoms with van der Waals surface area (Å²) < 4.78 is 65.5. The average molecular weight is 1180 g/mol. The quantitative estimate of drug-likeness (QED) is 0.0869. The lowest BCUT2D eigenvalue weighted by Crippen LogP contribution is -2.28. The molecule has 12 rings (SSSR count). The molecule has 0 saturated carbocycles. The molecule has 12 aromatic rings. The molecule has 6 heterocycles. The molecule has 0 bridgehead atoms. The van der Waals surface area contributed by atoms with Gasteiger partial charge in [-0.25, -0.2) is 29.9 Å². The van der Waals surface area contributed by atoms with Crippen LogP contribution in [0.3, 0.4) is 0 Å². The van der Waals surface area contributed by atoms with Crippen molar-refractivity contribution in [3.8, 4) is 17.2 Å². The number of nitrogens with zero attached hydrogens (tertiary/aromatic N) is 8. The Labute approximate surface area is 479 Å². The predicted octanol–water partition coefficient (Wildman–Crippen LogP) is 16.7. The fourth-order valence-electron chi connectivity index (χ4n) is 7.85. The molecule has 6 aromatic heterocycles. The summed E-state index contributed by atoms with van der Waals surface area (Å²) >= 11 is 3.39. The van der Waals surface area contributed by atoms with Gasteiger partial charge >= 0.3 is 15.6 Å². The van der Waals surface area contributed by atoms with Crippen molar-refractivity contribution < 1.29 is 36.0 Å². The van der Waals surface area contributed by atoms with E-state index in [0.717, 1.165) is 55.0 Å². The van der Waals surface area contributed by atoms with E-state index in [2.05, 4.69) is 61.4 Å². The van der Waals surface area contributed by atoms with Crippen LogP contribution >= 0.6 is 15.9 Å². The monoisotopic (exact) mass is 1180 g/mol. The van der Waals surface area contributed by atoms with Crippen LogP contribution in [0.15, 0.2) is 260 Å². The molecule has 0 radical (unpaired) electrons. The Morgan fingerprint density at radius 1 is 0.427 bits per heavy atom. The molecule has 0 atom stereocenters. The Kier molecular flexibility index (Phi) is 19.7. The first kappa shape index (κ1) is 58.2. The maximum absolute atomic E-state index is 12.6. The van der Waals surface area contributed by atoms with E-state index in [9.17, 15) is 31.8 Å². The molecular formula is C63H51BrF3N9O5S. The smallest absolute Gasteiger partial charge is 0.508 e. The van der Waals surface area contributed by atoms with Crippen LogP contribution in [0, 0.1) is 0 Å². The largest absolute Gasteiger partial charge is 0.534 e. The number of benzene rings is 6. The van der Waals surface area contributed by atoms with E-state index >= 15 is 0 Å². The first-order valence-corrected chi connectivity index (χ1v) is 27.5. The van der Waals surface area contributed by atoms with Crippen molar-refractivity contribution in [1.82, 2.24) is 29.9 Å². The molecular weight excluding hydrogens is 1130 g/mol. The SMILES string of the molecule is CC.O=S(=O)(Oc1ccc2cc(N(c3ccccn3)c3ccccn3)ccc2c1)C(F)(F)F.Oc1ccc2cc(Br)ccc2c1.Oc1ccc2cc(N(c3ccccn3)c3ccccn3)ccc2c1.c1ccc(Nc2ccccn2)nc1. The van der Waals surface area contributed by atoms with Crippen molar-refractivity contribution >= 4 is 105 Å². The molecule has 3 N–H and O–H groups in total. The Hall–Kier alpha value is -9.98. The second kappa shape index (κ2) is 27.7. The fourth-order valence-corrected chi connectivity index (χ4v) is 8.68. The van der Waals surface area contributed by atoms with Crippen molar-refractivity contribution in [1.29, 1.82) is 0 Å². The van der Waals surface area contributed by atoms with Gasteiger partial charge < -0.3 is 19.7 Å². The lowest BCUT2D eigenvalue weighted by molar-refractivity contribution is -0.0500. The van der Waals surface area contributed by atoms with Crippen molar-refractivity contribution in [3.63, 3.8) is 0 Å². The minimum absolute atomic E-state index is 0.265. The number of halogens is 4. The highest BCUT2D eigenvalue weighted by atomic mass is 79.9. The van der Waals surface area contributed by atoms with Crippen molar-refractivity contribution in [2.45, 2.75) is 19.4 Å². The molecule has 14 nitrogen and oxygen atoms in total. The van der Waals surface area contributed by atoms with Gasteiger partial charge in [-0.2, -0.15) is 21.6 Å². The van der Waals surface area contributed by atoms with Crippen molar-refractivity contribution in [2.24, 2.45) is 0 Å². The highest BCUT2D eigenvalue weighted by molar-refractivity contribution is 9.10. The van der Waals surface area contributed by atoms with Gasteiger partial charge in [0.2, 0.25) is 0 Å². The van der Waals surface area contributed by atoms with Crippen LogP contribution in [0.25, 0.3) is 32.3 Å². The lowest BCUT2D eigenvalue weighted by Gasteiger charge is -2.23. The number of aromatic nitrogens is 6. The van der Waals surface area contributed by atoms with Gasteiger partial charge in [0.1, 0.15) is 52.2 Å². The summed E-state index contributed by atoms with van der Waals surface area (Å²) in [4.78, 5) is 29.8. The summed E-state index contributed by atoms with van der Waals surface area (Å²) in [6.45, 7) is 4.00. The maximum atomic E-state index is 12.6. The lowest BCUT2D eigenvalue weighted by atomic mass is 10.1. The summed E-state index contributed by atoms with van der Waals surface area (Å²) in [6.07, 6.45) is 10.3. The van der Waals surface area contributed by atoms with Gasteiger partial charge in [-0.3, -0.25) is 9.80 Å². The molecule has 0 spiro atoms. The van der Waals surface area contributed by atoms with Gasteiger partial charge in [0, 0.05) is 53.0 Å². The maximum Gasteiger partial charge on any atom is 0.534 e. The predicted molar refractivity (Wildman–Crippen MR) is 322 cm³/mol. The van der Waals surface area contributed by atoms with Gasteiger partial charge in [0.15, 0.2) is 0 Å². The zero-order valence-electron chi connectivity index (χ0n) is 43.9. The topological polar surface area (TPSA) is 180 Å². The van der Waals surface area contributed by atoms with Crippen LogP contribution < -0.4 is 19.3 Å². The van der Waals surface area contributed by atoms with E-state index in [1.165, 1.54) is 18.2 Å². The highest BCUT2D eigenvalue weighted by Crippen LogP contribution is 2.37. The number of alkyl halides is 3. The number of nitrogens with one attached hydrogen (secondary N) is 1. The number of fused-ring (bicyclic) bond motifs is 3. The van der Waals surface area contributed by atoms with E-state index < -0.39 is 21.4 Å². The first-order valence-electron chi connectivity index (χ1n) is 25.3. The molecule has 412 valence electrons. The zero-order chi connectivity index (χ0) is 57.9. The standard InChI is InChI=1S/C21H14F3N3O3S.C20H15N3O.C10H7BrO.C10H9N3.C2H6/c22-21(23,24)31(28,29)30-18-10-8-15-13-17(9-7-16(15)14-18)27(19-5-1-3-11-25-19)20-6-2-4-12-26-20;24-18-10-8-15-13-17(9-7-16(15)14-18)23(19-5-1-3-11-21-19)20-6-2-4-12-22-20;11-9-3-1-8-6-10(12)4-2-7(8)5-9;1-3-7-11-9(5-1)13-10-6-2-4-8-12-10;1-2/h1-14H;1-14,24H;1-6,12H;1-8H,(H,11,12,13);1-2H3. The summed E-state index contributed by atoms with van der Waals surface area (Å²) in [5.74, 6) is 4.61. The van der Waals surface area contributed by atoms with Gasteiger partial charge in [-0.05, 0) is 178 Å². The fraction of sp³-hybridized carbons (Fsp3) is 0.0476. The van der Waals surface area contributed by atoms with Gasteiger partial charge in [0.05, 0.1) is 0 Å². The molecule has 19 heteroatoms. The summed E-state index contributed by atoms with van der Waals surface area (Å²) in [7, 11) is -5.74. The Morgan fingerprint density at radius 3 is 1.15 bits per heavy atom. The second-order valence-electron chi connectivity index (χ2n) is 17.0. The number of phenols is 2. The number of phenolic OH excluding ortho intramolecular Hbond substituents is 2. The first-order chi connectivity index (χ1) is 39.8. The second-order valence-corrected chi connectivity index (χ2v) is 19.5. The number of hydrogen-bond acceptors (Lipinski definition) is 14. The van der Waals surface area contributed by atoms with Crippen LogP contribution in [-0.4, -0.2) is 54.0 Å². The van der Waals surface area contributed by atoms with Crippen LogP contribution in [0.2, 0.25) is 0 Å². The third-order valence-electron chi connectivity index (χ3n) is 11.5. The van der Waals surface area contributed by atoms with Crippen LogP contribution in [0.1, 0.15) is 13.8 Å². The Balaban J connectivity index is 0.000000152. The Morgan fingerprint density at radius 2 is 0.768 bits per heavy atom. The summed E-state index contributed by atoms with van der Waals surface area (Å²) in [5, 5.41) is 27.3. The van der Waals surface area contributed by atoms with Gasteiger partial charge in [-0.1, -0.05) is 103 Å². The van der Waals surface area contributed by atoms with E-state index in [1.54, 1.807) is 91.8 Å². The molecule has 0 unspecified atom stereocenters. The molecule has 0 aliphatic heterocycles. The third kappa shape index (κ3) is 15.6. The third-order valence-corrected chi connectivity index (χ3v) is 13.0. The number of hydrogen-bond donors (Lipinski definition) is 3.